The van der Waals surface area contributed by atoms with Gasteiger partial charge in [-0.15, -0.1) is 0 Å². The molecule has 0 aliphatic carbocycles. The topological polar surface area (TPSA) is 105 Å². The van der Waals surface area contributed by atoms with E-state index in [9.17, 15) is 5.11 Å². The van der Waals surface area contributed by atoms with Gasteiger partial charge in [0.25, 0.3) is 0 Å². The number of ether oxygens (including phenoxy) is 2. The Kier molecular flexibility index (Phi) is 3.65. The number of aromatic nitrogens is 4. The Morgan fingerprint density at radius 1 is 1.18 bits per heavy atom. The van der Waals surface area contributed by atoms with E-state index in [1.807, 2.05) is 0 Å². The molecule has 3 N–H and O–H groups in total. The van der Waals surface area contributed by atoms with Gasteiger partial charge in [0.05, 0.1) is 26.1 Å². The number of H-pyrrole nitrogens is 1. The SMILES string of the molecule is COc1ccc(O)c(OC)c1CNc1ncnc2nc[nH]c12. The van der Waals surface area contributed by atoms with Crippen LogP contribution in [0.15, 0.2) is 24.8 Å². The molecule has 0 saturated carbocycles. The Morgan fingerprint density at radius 2 is 2.05 bits per heavy atom. The minimum absolute atomic E-state index is 0.0504. The van der Waals surface area contributed by atoms with Crippen molar-refractivity contribution >= 4 is 17.0 Å². The molecular weight excluding hydrogens is 286 g/mol. The first-order valence-corrected chi connectivity index (χ1v) is 6.55. The summed E-state index contributed by atoms with van der Waals surface area (Å²) in [5, 5.41) is 13.1. The standard InChI is InChI=1S/C14H15N5O3/c1-21-10-4-3-9(20)12(22-2)8(10)5-15-13-11-14(17-6-16-11)19-7-18-13/h3-4,6-7,20H,5H2,1-2H3,(H2,15,16,17,18,19). The zero-order valence-corrected chi connectivity index (χ0v) is 12.1. The molecule has 0 aliphatic heterocycles. The second kappa shape index (κ2) is 5.76. The Bertz CT molecular complexity index is 802. The van der Waals surface area contributed by atoms with Gasteiger partial charge in [0, 0.05) is 6.54 Å². The third-order valence-corrected chi connectivity index (χ3v) is 3.28. The molecule has 22 heavy (non-hydrogen) atoms. The summed E-state index contributed by atoms with van der Waals surface area (Å²) in [6, 6.07) is 3.21. The van der Waals surface area contributed by atoms with Crippen molar-refractivity contribution < 1.29 is 14.6 Å². The maximum absolute atomic E-state index is 9.90. The highest BCUT2D eigenvalue weighted by Crippen LogP contribution is 2.37. The van der Waals surface area contributed by atoms with Gasteiger partial charge in [-0.2, -0.15) is 0 Å². The molecule has 2 aromatic heterocycles. The second-order valence-electron chi connectivity index (χ2n) is 4.48. The smallest absolute Gasteiger partial charge is 0.182 e. The lowest BCUT2D eigenvalue weighted by molar-refractivity contribution is 0.358. The number of aromatic amines is 1. The van der Waals surface area contributed by atoms with Crippen LogP contribution in [0.4, 0.5) is 5.82 Å². The summed E-state index contributed by atoms with van der Waals surface area (Å²) in [7, 11) is 3.06. The molecule has 8 nitrogen and oxygen atoms in total. The number of nitrogens with zero attached hydrogens (tertiary/aromatic N) is 3. The summed E-state index contributed by atoms with van der Waals surface area (Å²) in [6.45, 7) is 0.353. The molecule has 0 amide bonds. The van der Waals surface area contributed by atoms with Gasteiger partial charge in [-0.3, -0.25) is 0 Å². The molecule has 1 aromatic carbocycles. The van der Waals surface area contributed by atoms with Crippen molar-refractivity contribution in [3.05, 3.63) is 30.4 Å². The van der Waals surface area contributed by atoms with Crippen LogP contribution in [0.5, 0.6) is 17.2 Å². The van der Waals surface area contributed by atoms with Gasteiger partial charge in [-0.25, -0.2) is 15.0 Å². The van der Waals surface area contributed by atoms with Crippen molar-refractivity contribution in [3.8, 4) is 17.2 Å². The summed E-state index contributed by atoms with van der Waals surface area (Å²) in [4.78, 5) is 15.3. The monoisotopic (exact) mass is 301 g/mol. The number of fused-ring (bicyclic) bond motifs is 1. The number of methoxy groups -OCH3 is 2. The van der Waals surface area contributed by atoms with Crippen LogP contribution in [0, 0.1) is 0 Å². The van der Waals surface area contributed by atoms with Crippen LogP contribution < -0.4 is 14.8 Å². The highest BCUT2D eigenvalue weighted by atomic mass is 16.5. The predicted molar refractivity (Wildman–Crippen MR) is 80.2 cm³/mol. The molecule has 0 saturated heterocycles. The molecule has 0 atom stereocenters. The van der Waals surface area contributed by atoms with Crippen molar-refractivity contribution in [1.29, 1.82) is 0 Å². The Labute approximate surface area is 126 Å². The maximum Gasteiger partial charge on any atom is 0.182 e. The zero-order valence-electron chi connectivity index (χ0n) is 12.1. The number of benzene rings is 1. The molecule has 114 valence electrons. The molecule has 0 spiro atoms. The summed E-state index contributed by atoms with van der Waals surface area (Å²) in [5.41, 5.74) is 1.98. The van der Waals surface area contributed by atoms with Crippen LogP contribution in [-0.2, 0) is 6.54 Å². The fourth-order valence-electron chi connectivity index (χ4n) is 2.25. The van der Waals surface area contributed by atoms with Gasteiger partial charge in [0.15, 0.2) is 23.0 Å². The number of phenolic OH excluding ortho intramolecular Hbond substituents is 1. The van der Waals surface area contributed by atoms with Gasteiger partial charge in [0.2, 0.25) is 0 Å². The molecule has 0 bridgehead atoms. The number of phenols is 1. The molecule has 0 aliphatic rings. The van der Waals surface area contributed by atoms with Gasteiger partial charge in [-0.05, 0) is 12.1 Å². The van der Waals surface area contributed by atoms with E-state index < -0.39 is 0 Å². The third kappa shape index (κ3) is 2.34. The normalized spacial score (nSPS) is 10.6. The molecule has 2 heterocycles. The van der Waals surface area contributed by atoms with Crippen LogP contribution in [0.25, 0.3) is 11.2 Å². The van der Waals surface area contributed by atoms with Crippen molar-refractivity contribution in [1.82, 2.24) is 19.9 Å². The number of hydrogen-bond donors (Lipinski definition) is 3. The van der Waals surface area contributed by atoms with Crippen molar-refractivity contribution in [3.63, 3.8) is 0 Å². The number of anilines is 1. The Hall–Kier alpha value is -3.03. The van der Waals surface area contributed by atoms with Gasteiger partial charge in [-0.1, -0.05) is 0 Å². The van der Waals surface area contributed by atoms with E-state index in [2.05, 4.69) is 25.3 Å². The van der Waals surface area contributed by atoms with Crippen molar-refractivity contribution in [2.45, 2.75) is 6.54 Å². The van der Waals surface area contributed by atoms with Gasteiger partial charge in [0.1, 0.15) is 17.6 Å². The fourth-order valence-corrected chi connectivity index (χ4v) is 2.25. The largest absolute Gasteiger partial charge is 0.504 e. The molecule has 0 fully saturated rings. The first-order chi connectivity index (χ1) is 10.7. The van der Waals surface area contributed by atoms with Crippen LogP contribution in [0.1, 0.15) is 5.56 Å². The van der Waals surface area contributed by atoms with Crippen LogP contribution in [0.3, 0.4) is 0 Å². The van der Waals surface area contributed by atoms with Crippen LogP contribution in [0.2, 0.25) is 0 Å². The number of aromatic hydroxyl groups is 1. The van der Waals surface area contributed by atoms with Gasteiger partial charge >= 0.3 is 0 Å². The molecular formula is C14H15N5O3. The molecule has 3 aromatic rings. The predicted octanol–water partition coefficient (Wildman–Crippen LogP) is 1.69. The van der Waals surface area contributed by atoms with E-state index in [1.165, 1.54) is 19.5 Å². The quantitative estimate of drug-likeness (QED) is 0.658. The maximum atomic E-state index is 9.90. The lowest BCUT2D eigenvalue weighted by Gasteiger charge is -2.15. The lowest BCUT2D eigenvalue weighted by atomic mass is 10.1. The number of hydrogen-bond acceptors (Lipinski definition) is 7. The van der Waals surface area contributed by atoms with Crippen molar-refractivity contribution in [2.24, 2.45) is 0 Å². The van der Waals surface area contributed by atoms with Gasteiger partial charge < -0.3 is 24.9 Å². The Balaban J connectivity index is 1.93. The van der Waals surface area contributed by atoms with E-state index in [0.29, 0.717) is 40.6 Å². The molecule has 0 unspecified atom stereocenters. The first-order valence-electron chi connectivity index (χ1n) is 6.55. The minimum atomic E-state index is 0.0504. The second-order valence-corrected chi connectivity index (χ2v) is 4.48. The van der Waals surface area contributed by atoms with Crippen LogP contribution in [-0.4, -0.2) is 39.3 Å². The number of nitrogens with one attached hydrogen (secondary N) is 2. The number of imidazole rings is 1. The highest BCUT2D eigenvalue weighted by molar-refractivity contribution is 5.82. The molecule has 3 rings (SSSR count). The molecule has 8 heteroatoms. The zero-order chi connectivity index (χ0) is 15.5. The highest BCUT2D eigenvalue weighted by Gasteiger charge is 2.15. The average Bonchev–Trinajstić information content (AvgIpc) is 3.02. The summed E-state index contributed by atoms with van der Waals surface area (Å²) in [5.74, 6) is 1.63. The minimum Gasteiger partial charge on any atom is -0.504 e. The summed E-state index contributed by atoms with van der Waals surface area (Å²) in [6.07, 6.45) is 2.99. The van der Waals surface area contributed by atoms with E-state index in [4.69, 9.17) is 9.47 Å². The van der Waals surface area contributed by atoms with Crippen LogP contribution >= 0.6 is 0 Å². The molecule has 0 radical (unpaired) electrons. The van der Waals surface area contributed by atoms with E-state index in [0.717, 1.165) is 0 Å². The average molecular weight is 301 g/mol. The first kappa shape index (κ1) is 13.9. The summed E-state index contributed by atoms with van der Waals surface area (Å²) >= 11 is 0. The van der Waals surface area contributed by atoms with E-state index >= 15 is 0 Å². The number of rotatable bonds is 5. The van der Waals surface area contributed by atoms with E-state index in [1.54, 1.807) is 19.5 Å². The van der Waals surface area contributed by atoms with E-state index in [-0.39, 0.29) is 5.75 Å². The van der Waals surface area contributed by atoms with Crippen molar-refractivity contribution in [2.75, 3.05) is 19.5 Å². The lowest BCUT2D eigenvalue weighted by Crippen LogP contribution is -2.06. The third-order valence-electron chi connectivity index (χ3n) is 3.28. The summed E-state index contributed by atoms with van der Waals surface area (Å²) < 4.78 is 10.6. The fraction of sp³-hybridized carbons (Fsp3) is 0.214. The Morgan fingerprint density at radius 3 is 2.82 bits per heavy atom.